The molecule has 0 amide bonds. The van der Waals surface area contributed by atoms with Gasteiger partial charge >= 0.3 is 0 Å². The average Bonchev–Trinajstić information content (AvgIpc) is 2.66. The van der Waals surface area contributed by atoms with Crippen LogP contribution in [-0.4, -0.2) is 9.97 Å². The minimum absolute atomic E-state index is 0.493. The van der Waals surface area contributed by atoms with E-state index in [0.717, 1.165) is 23.4 Å². The quantitative estimate of drug-likeness (QED) is 0.517. The van der Waals surface area contributed by atoms with Crippen LogP contribution in [0.4, 0.5) is 28.7 Å². The second-order valence-corrected chi connectivity index (χ2v) is 6.85. The molecule has 0 saturated heterocycles. The zero-order valence-corrected chi connectivity index (χ0v) is 16.2. The van der Waals surface area contributed by atoms with Crippen LogP contribution in [0.15, 0.2) is 48.8 Å². The number of aryl methyl sites for hydroxylation is 3. The number of unbranched alkanes of at least 4 members (excludes halogenated alkanes) is 1. The number of nitrogens with zero attached hydrogens (tertiary/aromatic N) is 2. The van der Waals surface area contributed by atoms with Crippen LogP contribution in [0.1, 0.15) is 36.5 Å². The van der Waals surface area contributed by atoms with Crippen LogP contribution in [-0.2, 0) is 6.42 Å². The number of nitrogen functional groups attached to an aromatic ring is 1. The van der Waals surface area contributed by atoms with E-state index < -0.39 is 0 Å². The van der Waals surface area contributed by atoms with E-state index in [4.69, 9.17) is 5.73 Å². The second kappa shape index (κ2) is 8.54. The summed E-state index contributed by atoms with van der Waals surface area (Å²) < 4.78 is 0. The Morgan fingerprint density at radius 3 is 2.30 bits per heavy atom. The van der Waals surface area contributed by atoms with Crippen molar-refractivity contribution in [2.24, 2.45) is 0 Å². The molecule has 3 rings (SSSR count). The van der Waals surface area contributed by atoms with Gasteiger partial charge in [-0.25, -0.2) is 9.97 Å². The van der Waals surface area contributed by atoms with Gasteiger partial charge in [-0.3, -0.25) is 0 Å². The van der Waals surface area contributed by atoms with E-state index in [0.29, 0.717) is 17.3 Å². The molecule has 5 nitrogen and oxygen atoms in total. The van der Waals surface area contributed by atoms with Gasteiger partial charge in [-0.2, -0.15) is 0 Å². The zero-order chi connectivity index (χ0) is 19.2. The van der Waals surface area contributed by atoms with E-state index >= 15 is 0 Å². The molecule has 0 aliphatic rings. The maximum absolute atomic E-state index is 6.30. The van der Waals surface area contributed by atoms with Crippen molar-refractivity contribution < 1.29 is 0 Å². The fourth-order valence-electron chi connectivity index (χ4n) is 2.95. The number of hydrogen-bond acceptors (Lipinski definition) is 5. The Balaban J connectivity index is 1.76. The topological polar surface area (TPSA) is 75.9 Å². The van der Waals surface area contributed by atoms with Crippen molar-refractivity contribution in [2.45, 2.75) is 40.0 Å². The van der Waals surface area contributed by atoms with Crippen molar-refractivity contribution in [1.29, 1.82) is 0 Å². The normalized spacial score (nSPS) is 10.6. The molecule has 0 aliphatic heterocycles. The van der Waals surface area contributed by atoms with E-state index in [9.17, 15) is 0 Å². The molecule has 0 fully saturated rings. The number of nitrogens with one attached hydrogen (secondary N) is 2. The number of nitrogens with two attached hydrogens (primary N) is 1. The second-order valence-electron chi connectivity index (χ2n) is 6.85. The summed E-state index contributed by atoms with van der Waals surface area (Å²) in [6.07, 6.45) is 5.03. The molecule has 0 unspecified atom stereocenters. The monoisotopic (exact) mass is 361 g/mol. The van der Waals surface area contributed by atoms with Gasteiger partial charge in [-0.15, -0.1) is 0 Å². The van der Waals surface area contributed by atoms with Crippen LogP contribution in [0.3, 0.4) is 0 Å². The predicted molar refractivity (Wildman–Crippen MR) is 114 cm³/mol. The highest BCUT2D eigenvalue weighted by molar-refractivity contribution is 5.80. The lowest BCUT2D eigenvalue weighted by Crippen LogP contribution is -2.05. The lowest BCUT2D eigenvalue weighted by molar-refractivity contribution is 0.795. The Morgan fingerprint density at radius 1 is 0.926 bits per heavy atom. The maximum Gasteiger partial charge on any atom is 0.159 e. The lowest BCUT2D eigenvalue weighted by Gasteiger charge is -2.14. The Hall–Kier alpha value is -3.08. The molecule has 0 radical (unpaired) electrons. The first kappa shape index (κ1) is 18.7. The molecule has 0 aliphatic carbocycles. The van der Waals surface area contributed by atoms with Crippen molar-refractivity contribution in [3.63, 3.8) is 0 Å². The van der Waals surface area contributed by atoms with Crippen LogP contribution in [0.5, 0.6) is 0 Å². The summed E-state index contributed by atoms with van der Waals surface area (Å²) in [5.41, 5.74) is 12.4. The van der Waals surface area contributed by atoms with Gasteiger partial charge in [-0.1, -0.05) is 43.2 Å². The van der Waals surface area contributed by atoms with E-state index in [2.05, 4.69) is 77.8 Å². The smallest absolute Gasteiger partial charge is 0.159 e. The maximum atomic E-state index is 6.30. The highest BCUT2D eigenvalue weighted by atomic mass is 15.1. The Bertz CT molecular complexity index is 903. The van der Waals surface area contributed by atoms with Gasteiger partial charge < -0.3 is 16.4 Å². The molecule has 2 aromatic carbocycles. The summed E-state index contributed by atoms with van der Waals surface area (Å²) in [6.45, 7) is 6.34. The summed E-state index contributed by atoms with van der Waals surface area (Å²) in [6, 6.07) is 14.6. The van der Waals surface area contributed by atoms with E-state index in [1.165, 1.54) is 30.3 Å². The molecule has 140 valence electrons. The minimum Gasteiger partial charge on any atom is -0.393 e. The minimum atomic E-state index is 0.493. The molecule has 5 heteroatoms. The Kier molecular flexibility index (Phi) is 5.91. The molecule has 0 atom stereocenters. The SMILES string of the molecule is CCCCc1ccc(Nc2ncnc(Nc3ccc(C)cc3C)c2N)cc1. The highest BCUT2D eigenvalue weighted by Crippen LogP contribution is 2.29. The van der Waals surface area contributed by atoms with Crippen LogP contribution in [0.2, 0.25) is 0 Å². The summed E-state index contributed by atoms with van der Waals surface area (Å²) >= 11 is 0. The van der Waals surface area contributed by atoms with Crippen molar-refractivity contribution in [2.75, 3.05) is 16.4 Å². The standard InChI is InChI=1S/C22H27N5/c1-4-5-6-17-8-10-18(11-9-17)26-21-20(23)22(25-14-24-21)27-19-12-7-15(2)13-16(19)3/h7-14H,4-6,23H2,1-3H3,(H2,24,25,26,27). The average molecular weight is 361 g/mol. The van der Waals surface area contributed by atoms with Gasteiger partial charge in [-0.05, 0) is 56.0 Å². The van der Waals surface area contributed by atoms with Crippen molar-refractivity contribution >= 4 is 28.7 Å². The Morgan fingerprint density at radius 2 is 1.63 bits per heavy atom. The third-order valence-electron chi connectivity index (χ3n) is 4.55. The van der Waals surface area contributed by atoms with Crippen molar-refractivity contribution in [3.8, 4) is 0 Å². The Labute approximate surface area is 161 Å². The number of benzene rings is 2. The van der Waals surface area contributed by atoms with Crippen molar-refractivity contribution in [1.82, 2.24) is 9.97 Å². The van der Waals surface area contributed by atoms with Gasteiger partial charge in [0.15, 0.2) is 11.6 Å². The summed E-state index contributed by atoms with van der Waals surface area (Å²) in [5, 5.41) is 6.60. The van der Waals surface area contributed by atoms with Gasteiger partial charge in [0.25, 0.3) is 0 Å². The first-order valence-corrected chi connectivity index (χ1v) is 9.37. The molecular weight excluding hydrogens is 334 g/mol. The number of anilines is 5. The molecule has 0 bridgehead atoms. The highest BCUT2D eigenvalue weighted by Gasteiger charge is 2.10. The van der Waals surface area contributed by atoms with Crippen LogP contribution in [0, 0.1) is 13.8 Å². The lowest BCUT2D eigenvalue weighted by atomic mass is 10.1. The summed E-state index contributed by atoms with van der Waals surface area (Å²) in [7, 11) is 0. The first-order chi connectivity index (χ1) is 13.1. The third-order valence-corrected chi connectivity index (χ3v) is 4.55. The third kappa shape index (κ3) is 4.76. The molecule has 1 heterocycles. The fourth-order valence-corrected chi connectivity index (χ4v) is 2.95. The number of rotatable bonds is 7. The molecule has 27 heavy (non-hydrogen) atoms. The van der Waals surface area contributed by atoms with Crippen LogP contribution < -0.4 is 16.4 Å². The van der Waals surface area contributed by atoms with Crippen LogP contribution in [0.25, 0.3) is 0 Å². The molecule has 4 N–H and O–H groups in total. The summed E-state index contributed by atoms with van der Waals surface area (Å²) in [4.78, 5) is 8.60. The van der Waals surface area contributed by atoms with E-state index in [1.54, 1.807) is 0 Å². The van der Waals surface area contributed by atoms with Crippen molar-refractivity contribution in [3.05, 3.63) is 65.5 Å². The molecule has 3 aromatic rings. The van der Waals surface area contributed by atoms with Gasteiger partial charge in [0.1, 0.15) is 12.0 Å². The summed E-state index contributed by atoms with van der Waals surface area (Å²) in [5.74, 6) is 1.19. The fraction of sp³-hybridized carbons (Fsp3) is 0.273. The largest absolute Gasteiger partial charge is 0.393 e. The van der Waals surface area contributed by atoms with Crippen LogP contribution >= 0.6 is 0 Å². The number of hydrogen-bond donors (Lipinski definition) is 3. The van der Waals surface area contributed by atoms with E-state index in [1.807, 2.05) is 6.07 Å². The van der Waals surface area contributed by atoms with E-state index in [-0.39, 0.29) is 0 Å². The molecular formula is C22H27N5. The van der Waals surface area contributed by atoms with Gasteiger partial charge in [0.05, 0.1) is 0 Å². The number of aromatic nitrogens is 2. The predicted octanol–water partition coefficient (Wildman–Crippen LogP) is 5.51. The van der Waals surface area contributed by atoms with Gasteiger partial charge in [0.2, 0.25) is 0 Å². The zero-order valence-electron chi connectivity index (χ0n) is 16.2. The molecule has 0 spiro atoms. The molecule has 1 aromatic heterocycles. The first-order valence-electron chi connectivity index (χ1n) is 9.37. The van der Waals surface area contributed by atoms with Gasteiger partial charge in [0, 0.05) is 11.4 Å². The molecule has 0 saturated carbocycles.